The molecule has 2 aromatic rings. The summed E-state index contributed by atoms with van der Waals surface area (Å²) in [6.07, 6.45) is 0.371. The normalized spacial score (nSPS) is 13.2. The van der Waals surface area contributed by atoms with Crippen LogP contribution in [-0.4, -0.2) is 50.5 Å². The summed E-state index contributed by atoms with van der Waals surface area (Å²) < 4.78 is 5.11. The molecule has 0 saturated heterocycles. The Morgan fingerprint density at radius 1 is 0.833 bits per heavy atom. The fourth-order valence-electron chi connectivity index (χ4n) is 3.30. The first-order valence-electron chi connectivity index (χ1n) is 9.95. The van der Waals surface area contributed by atoms with Gasteiger partial charge in [0.15, 0.2) is 0 Å². The van der Waals surface area contributed by atoms with Crippen molar-refractivity contribution in [2.75, 3.05) is 44.1 Å². The quantitative estimate of drug-likeness (QED) is 0.631. The maximum atomic E-state index is 11.2. The molecule has 158 valence electrons. The van der Waals surface area contributed by atoms with Gasteiger partial charge in [-0.05, 0) is 35.4 Å². The number of nitrogens with zero attached hydrogens (tertiary/aromatic N) is 2. The second kappa shape index (κ2) is 8.95. The van der Waals surface area contributed by atoms with Crippen molar-refractivity contribution in [1.29, 1.82) is 0 Å². The first kappa shape index (κ1) is 21.3. The number of anilines is 2. The lowest BCUT2D eigenvalue weighted by Gasteiger charge is -2.25. The minimum Gasteiger partial charge on any atom is -0.506 e. The Bertz CT molecular complexity index is 973. The summed E-state index contributed by atoms with van der Waals surface area (Å²) in [6.45, 7) is 2.68. The Balaban J connectivity index is 1.69. The fourth-order valence-corrected chi connectivity index (χ4v) is 3.30. The van der Waals surface area contributed by atoms with E-state index in [2.05, 4.69) is 0 Å². The van der Waals surface area contributed by atoms with Crippen LogP contribution in [0.3, 0.4) is 0 Å². The van der Waals surface area contributed by atoms with Crippen LogP contribution in [0.25, 0.3) is 11.1 Å². The van der Waals surface area contributed by atoms with Gasteiger partial charge in [0, 0.05) is 38.9 Å². The van der Waals surface area contributed by atoms with Gasteiger partial charge in [-0.25, -0.2) is 0 Å². The predicted octanol–water partition coefficient (Wildman–Crippen LogP) is 4.39. The molecule has 2 N–H and O–H groups in total. The van der Waals surface area contributed by atoms with Crippen molar-refractivity contribution in [3.8, 4) is 0 Å². The second-order valence-electron chi connectivity index (χ2n) is 7.43. The molecule has 0 aliphatic heterocycles. The number of hydrogen-bond acceptors (Lipinski definition) is 6. The van der Waals surface area contributed by atoms with E-state index < -0.39 is 0 Å². The highest BCUT2D eigenvalue weighted by Crippen LogP contribution is 2.44. The van der Waals surface area contributed by atoms with Crippen LogP contribution in [0, 0.1) is 0 Å². The van der Waals surface area contributed by atoms with Crippen LogP contribution in [0.15, 0.2) is 60.0 Å². The van der Waals surface area contributed by atoms with E-state index in [-0.39, 0.29) is 17.5 Å². The first-order chi connectivity index (χ1) is 14.3. The number of ether oxygens (including phenoxy) is 1. The van der Waals surface area contributed by atoms with Gasteiger partial charge in [-0.15, -0.1) is 0 Å². The zero-order valence-corrected chi connectivity index (χ0v) is 17.8. The highest BCUT2D eigenvalue weighted by atomic mass is 16.5. The number of esters is 1. The minimum absolute atomic E-state index is 0.0951. The van der Waals surface area contributed by atoms with Crippen molar-refractivity contribution in [2.24, 2.45) is 0 Å². The molecule has 3 rings (SSSR count). The van der Waals surface area contributed by atoms with E-state index in [1.54, 1.807) is 6.92 Å². The molecule has 6 nitrogen and oxygen atoms in total. The monoisotopic (exact) mass is 408 g/mol. The van der Waals surface area contributed by atoms with E-state index in [1.165, 1.54) is 0 Å². The zero-order valence-electron chi connectivity index (χ0n) is 17.8. The van der Waals surface area contributed by atoms with Gasteiger partial charge < -0.3 is 24.7 Å². The Labute approximate surface area is 177 Å². The first-order valence-corrected chi connectivity index (χ1v) is 9.95. The van der Waals surface area contributed by atoms with Gasteiger partial charge in [-0.1, -0.05) is 31.2 Å². The molecule has 0 unspecified atom stereocenters. The lowest BCUT2D eigenvalue weighted by atomic mass is 9.84. The Morgan fingerprint density at radius 3 is 1.73 bits per heavy atom. The average molecular weight is 408 g/mol. The van der Waals surface area contributed by atoms with E-state index in [9.17, 15) is 15.0 Å². The number of hydrogen-bond donors (Lipinski definition) is 2. The highest BCUT2D eigenvalue weighted by molar-refractivity contribution is 6.06. The molecule has 0 radical (unpaired) electrons. The van der Waals surface area contributed by atoms with E-state index >= 15 is 0 Å². The molecule has 0 saturated carbocycles. The zero-order chi connectivity index (χ0) is 21.8. The van der Waals surface area contributed by atoms with Gasteiger partial charge in [0.25, 0.3) is 0 Å². The van der Waals surface area contributed by atoms with E-state index in [4.69, 9.17) is 4.74 Å². The SMILES string of the molecule is CCC(=O)OCCN(C)c1ccc(C2=C(O)C(c3ccc(N(C)C)cc3)=C2O)cc1. The smallest absolute Gasteiger partial charge is 0.305 e. The minimum atomic E-state index is -0.208. The van der Waals surface area contributed by atoms with E-state index in [0.29, 0.717) is 30.7 Å². The lowest BCUT2D eigenvalue weighted by Crippen LogP contribution is -2.23. The molecule has 0 amide bonds. The molecule has 0 aromatic heterocycles. The van der Waals surface area contributed by atoms with Crippen LogP contribution in [-0.2, 0) is 9.53 Å². The number of benzene rings is 2. The van der Waals surface area contributed by atoms with Crippen LogP contribution in [0.1, 0.15) is 24.5 Å². The molecule has 0 heterocycles. The molecule has 0 bridgehead atoms. The Hall–Kier alpha value is -3.41. The number of aliphatic hydroxyl groups excluding tert-OH is 2. The summed E-state index contributed by atoms with van der Waals surface area (Å²) in [5.41, 5.74) is 4.44. The van der Waals surface area contributed by atoms with Gasteiger partial charge in [-0.2, -0.15) is 0 Å². The molecule has 1 aliphatic carbocycles. The lowest BCUT2D eigenvalue weighted by molar-refractivity contribution is -0.142. The van der Waals surface area contributed by atoms with Crippen LogP contribution >= 0.6 is 0 Å². The number of carbonyl (C=O) groups excluding carboxylic acids is 1. The van der Waals surface area contributed by atoms with Crippen LogP contribution in [0.4, 0.5) is 11.4 Å². The summed E-state index contributed by atoms with van der Waals surface area (Å²) in [5, 5.41) is 21.2. The maximum Gasteiger partial charge on any atom is 0.305 e. The van der Waals surface area contributed by atoms with Crippen LogP contribution in [0.5, 0.6) is 0 Å². The van der Waals surface area contributed by atoms with E-state index in [0.717, 1.165) is 22.5 Å². The average Bonchev–Trinajstić information content (AvgIpc) is 2.74. The van der Waals surface area contributed by atoms with Gasteiger partial charge in [0.2, 0.25) is 0 Å². The van der Waals surface area contributed by atoms with Crippen molar-refractivity contribution >= 4 is 28.5 Å². The van der Waals surface area contributed by atoms with Crippen molar-refractivity contribution in [3.63, 3.8) is 0 Å². The predicted molar refractivity (Wildman–Crippen MR) is 121 cm³/mol. The molecule has 6 heteroatoms. The topological polar surface area (TPSA) is 73.2 Å². The Kier molecular flexibility index (Phi) is 6.35. The molecule has 0 spiro atoms. The summed E-state index contributed by atoms with van der Waals surface area (Å²) >= 11 is 0. The van der Waals surface area contributed by atoms with Gasteiger partial charge >= 0.3 is 5.97 Å². The molecule has 0 atom stereocenters. The van der Waals surface area contributed by atoms with Crippen LogP contribution in [0.2, 0.25) is 0 Å². The fraction of sp³-hybridized carbons (Fsp3) is 0.292. The number of aliphatic hydroxyl groups is 2. The van der Waals surface area contributed by atoms with E-state index in [1.807, 2.05) is 79.5 Å². The molecule has 0 fully saturated rings. The molecule has 1 aliphatic rings. The van der Waals surface area contributed by atoms with Gasteiger partial charge in [-0.3, -0.25) is 4.79 Å². The summed E-state index contributed by atoms with van der Waals surface area (Å²) in [7, 11) is 5.84. The number of allylic oxidation sites excluding steroid dienone is 2. The Morgan fingerprint density at radius 2 is 1.30 bits per heavy atom. The molecular formula is C24H28N2O4. The highest BCUT2D eigenvalue weighted by Gasteiger charge is 2.31. The summed E-state index contributed by atoms with van der Waals surface area (Å²) in [5.74, 6) is -0.0177. The molecular weight excluding hydrogens is 380 g/mol. The van der Waals surface area contributed by atoms with Crippen molar-refractivity contribution in [2.45, 2.75) is 13.3 Å². The maximum absolute atomic E-state index is 11.2. The second-order valence-corrected chi connectivity index (χ2v) is 7.43. The third-order valence-corrected chi connectivity index (χ3v) is 5.19. The molecule has 30 heavy (non-hydrogen) atoms. The van der Waals surface area contributed by atoms with Gasteiger partial charge in [0.1, 0.15) is 18.1 Å². The molecule has 2 aromatic carbocycles. The summed E-state index contributed by atoms with van der Waals surface area (Å²) in [6, 6.07) is 15.2. The van der Waals surface area contributed by atoms with Gasteiger partial charge in [0.05, 0.1) is 17.7 Å². The van der Waals surface area contributed by atoms with Crippen molar-refractivity contribution in [1.82, 2.24) is 0 Å². The third-order valence-electron chi connectivity index (χ3n) is 5.19. The third kappa shape index (κ3) is 4.27. The number of carbonyl (C=O) groups is 1. The van der Waals surface area contributed by atoms with Crippen molar-refractivity contribution < 1.29 is 19.7 Å². The largest absolute Gasteiger partial charge is 0.506 e. The summed E-state index contributed by atoms with van der Waals surface area (Å²) in [4.78, 5) is 15.2. The number of rotatable bonds is 8. The van der Waals surface area contributed by atoms with Crippen molar-refractivity contribution in [3.05, 3.63) is 71.2 Å². The van der Waals surface area contributed by atoms with Crippen LogP contribution < -0.4 is 9.80 Å². The number of likely N-dealkylation sites (N-methyl/N-ethyl adjacent to an activating group) is 1. The standard InChI is InChI=1S/C24H28N2O4/c1-5-20(27)30-15-14-26(4)19-12-8-17(9-13-19)22-23(28)21(24(22)29)16-6-10-18(11-7-16)25(2)3/h6-13,28-29H,5,14-15H2,1-4H3.